The summed E-state index contributed by atoms with van der Waals surface area (Å²) in [6, 6.07) is 2.23. The molecule has 0 spiro atoms. The zero-order valence-electron chi connectivity index (χ0n) is 6.71. The number of oxime groups is 1. The molecule has 1 aliphatic carbocycles. The molecule has 0 amide bonds. The Hall–Kier alpha value is -1.04. The van der Waals surface area contributed by atoms with Crippen LogP contribution in [-0.2, 0) is 4.84 Å². The van der Waals surface area contributed by atoms with Crippen LogP contribution in [0.2, 0.25) is 0 Å². The number of rotatable bonds is 1. The van der Waals surface area contributed by atoms with E-state index in [2.05, 4.69) is 16.1 Å². The largest absolute Gasteiger partial charge is 0.399 e. The highest BCUT2D eigenvalue weighted by atomic mass is 16.6. The molecule has 0 aliphatic heterocycles. The molecule has 0 aromatic heterocycles. The lowest BCUT2D eigenvalue weighted by atomic mass is 9.88. The summed E-state index contributed by atoms with van der Waals surface area (Å²) in [6.45, 7) is 0. The summed E-state index contributed by atoms with van der Waals surface area (Å²) in [6.07, 6.45) is 4.14. The van der Waals surface area contributed by atoms with E-state index in [1.54, 1.807) is 0 Å². The van der Waals surface area contributed by atoms with Crippen LogP contribution in [0.5, 0.6) is 0 Å². The van der Waals surface area contributed by atoms with E-state index >= 15 is 0 Å². The first-order valence-electron chi connectivity index (χ1n) is 3.88. The topological polar surface area (TPSA) is 45.4 Å². The molecule has 11 heavy (non-hydrogen) atoms. The molecule has 0 aromatic rings. The predicted molar refractivity (Wildman–Crippen MR) is 42.0 cm³/mol. The third-order valence-corrected chi connectivity index (χ3v) is 1.94. The molecule has 0 bridgehead atoms. The molecule has 1 unspecified atom stereocenters. The molecule has 1 saturated carbocycles. The van der Waals surface area contributed by atoms with Gasteiger partial charge in [0.25, 0.3) is 0 Å². The van der Waals surface area contributed by atoms with Gasteiger partial charge in [-0.15, -0.1) is 0 Å². The SMILES string of the molecule is CO/N=C1/CCCCC1C#N. The Kier molecular flexibility index (Phi) is 2.91. The fraction of sp³-hybridized carbons (Fsp3) is 0.750. The van der Waals surface area contributed by atoms with Crippen LogP contribution in [0.15, 0.2) is 5.16 Å². The number of hydrogen-bond acceptors (Lipinski definition) is 3. The molecule has 0 radical (unpaired) electrons. The van der Waals surface area contributed by atoms with Gasteiger partial charge in [-0.3, -0.25) is 0 Å². The summed E-state index contributed by atoms with van der Waals surface area (Å²) in [7, 11) is 1.52. The van der Waals surface area contributed by atoms with Crippen molar-refractivity contribution in [3.63, 3.8) is 0 Å². The molecule has 3 heteroatoms. The van der Waals surface area contributed by atoms with E-state index in [4.69, 9.17) is 5.26 Å². The maximum absolute atomic E-state index is 8.70. The lowest BCUT2D eigenvalue weighted by molar-refractivity contribution is 0.209. The normalized spacial score (nSPS) is 28.0. The Morgan fingerprint density at radius 2 is 2.45 bits per heavy atom. The minimum absolute atomic E-state index is 0.00343. The minimum atomic E-state index is 0.00343. The molecule has 0 saturated heterocycles. The predicted octanol–water partition coefficient (Wildman–Crippen LogP) is 1.70. The number of hydrogen-bond donors (Lipinski definition) is 0. The lowest BCUT2D eigenvalue weighted by Gasteiger charge is -2.16. The zero-order chi connectivity index (χ0) is 8.10. The van der Waals surface area contributed by atoms with Crippen molar-refractivity contribution in [1.29, 1.82) is 5.26 Å². The molecule has 60 valence electrons. The van der Waals surface area contributed by atoms with Gasteiger partial charge in [-0.25, -0.2) is 0 Å². The van der Waals surface area contributed by atoms with E-state index in [-0.39, 0.29) is 5.92 Å². The van der Waals surface area contributed by atoms with Crippen LogP contribution in [0, 0.1) is 17.2 Å². The second-order valence-corrected chi connectivity index (χ2v) is 2.69. The van der Waals surface area contributed by atoms with Crippen molar-refractivity contribution in [3.05, 3.63) is 0 Å². The number of nitrogens with zero attached hydrogens (tertiary/aromatic N) is 2. The van der Waals surface area contributed by atoms with Gasteiger partial charge in [0, 0.05) is 0 Å². The molecule has 1 rings (SSSR count). The maximum atomic E-state index is 8.70. The smallest absolute Gasteiger partial charge is 0.106 e. The van der Waals surface area contributed by atoms with Gasteiger partial charge in [0.1, 0.15) is 7.11 Å². The van der Waals surface area contributed by atoms with Crippen molar-refractivity contribution in [2.45, 2.75) is 25.7 Å². The van der Waals surface area contributed by atoms with Gasteiger partial charge in [0.05, 0.1) is 17.7 Å². The molecule has 1 atom stereocenters. The van der Waals surface area contributed by atoms with Gasteiger partial charge in [-0.05, 0) is 19.3 Å². The summed E-state index contributed by atoms with van der Waals surface area (Å²) in [5.74, 6) is 0.00343. The Balaban J connectivity index is 2.60. The van der Waals surface area contributed by atoms with Crippen molar-refractivity contribution in [3.8, 4) is 6.07 Å². The van der Waals surface area contributed by atoms with Crippen LogP contribution in [0.4, 0.5) is 0 Å². The Labute approximate surface area is 66.6 Å². The maximum Gasteiger partial charge on any atom is 0.106 e. The van der Waals surface area contributed by atoms with Crippen LogP contribution in [0.25, 0.3) is 0 Å². The molecular weight excluding hydrogens is 140 g/mol. The second-order valence-electron chi connectivity index (χ2n) is 2.69. The summed E-state index contributed by atoms with van der Waals surface area (Å²) in [4.78, 5) is 4.65. The third kappa shape index (κ3) is 1.94. The third-order valence-electron chi connectivity index (χ3n) is 1.94. The van der Waals surface area contributed by atoms with Crippen LogP contribution >= 0.6 is 0 Å². The summed E-state index contributed by atoms with van der Waals surface area (Å²) in [5, 5.41) is 12.5. The van der Waals surface area contributed by atoms with E-state index in [0.29, 0.717) is 0 Å². The quantitative estimate of drug-likeness (QED) is 0.537. The fourth-order valence-corrected chi connectivity index (χ4v) is 1.36. The van der Waals surface area contributed by atoms with Crippen molar-refractivity contribution >= 4 is 5.71 Å². The molecule has 1 fully saturated rings. The zero-order valence-corrected chi connectivity index (χ0v) is 6.71. The van der Waals surface area contributed by atoms with Crippen molar-refractivity contribution in [1.82, 2.24) is 0 Å². The average Bonchev–Trinajstić information content (AvgIpc) is 2.06. The van der Waals surface area contributed by atoms with E-state index < -0.39 is 0 Å². The van der Waals surface area contributed by atoms with Crippen molar-refractivity contribution in [2.75, 3.05) is 7.11 Å². The van der Waals surface area contributed by atoms with Gasteiger partial charge in [0.15, 0.2) is 0 Å². The highest BCUT2D eigenvalue weighted by Gasteiger charge is 2.20. The van der Waals surface area contributed by atoms with Gasteiger partial charge in [-0.1, -0.05) is 11.6 Å². The van der Waals surface area contributed by atoms with E-state index in [1.165, 1.54) is 7.11 Å². The monoisotopic (exact) mass is 152 g/mol. The molecule has 3 nitrogen and oxygen atoms in total. The van der Waals surface area contributed by atoms with Gasteiger partial charge < -0.3 is 4.84 Å². The van der Waals surface area contributed by atoms with Crippen molar-refractivity contribution in [2.24, 2.45) is 11.1 Å². The summed E-state index contributed by atoms with van der Waals surface area (Å²) in [5.41, 5.74) is 0.918. The summed E-state index contributed by atoms with van der Waals surface area (Å²) >= 11 is 0. The van der Waals surface area contributed by atoms with Crippen LogP contribution in [0.1, 0.15) is 25.7 Å². The first kappa shape index (κ1) is 8.06. The minimum Gasteiger partial charge on any atom is -0.399 e. The Morgan fingerprint density at radius 3 is 3.09 bits per heavy atom. The molecule has 0 aromatic carbocycles. The first-order valence-corrected chi connectivity index (χ1v) is 3.88. The Morgan fingerprint density at radius 1 is 1.64 bits per heavy atom. The lowest BCUT2D eigenvalue weighted by Crippen LogP contribution is -2.17. The van der Waals surface area contributed by atoms with E-state index in [9.17, 15) is 0 Å². The molecule has 0 heterocycles. The Bertz CT molecular complexity index is 193. The standard InChI is InChI=1S/C8H12N2O/c1-11-10-8-5-3-2-4-7(8)6-9/h7H,2-5H2,1H3/b10-8-. The van der Waals surface area contributed by atoms with Gasteiger partial charge in [0.2, 0.25) is 0 Å². The molecule has 1 aliphatic rings. The van der Waals surface area contributed by atoms with Gasteiger partial charge in [-0.2, -0.15) is 5.26 Å². The van der Waals surface area contributed by atoms with Crippen LogP contribution < -0.4 is 0 Å². The second kappa shape index (κ2) is 3.97. The highest BCUT2D eigenvalue weighted by molar-refractivity contribution is 5.88. The number of nitriles is 1. The highest BCUT2D eigenvalue weighted by Crippen LogP contribution is 2.20. The average molecular weight is 152 g/mol. The van der Waals surface area contributed by atoms with E-state index in [0.717, 1.165) is 31.4 Å². The summed E-state index contributed by atoms with van der Waals surface area (Å²) < 4.78 is 0. The van der Waals surface area contributed by atoms with Crippen molar-refractivity contribution < 1.29 is 4.84 Å². The molecule has 0 N–H and O–H groups in total. The van der Waals surface area contributed by atoms with Crippen LogP contribution in [0.3, 0.4) is 0 Å². The van der Waals surface area contributed by atoms with Gasteiger partial charge >= 0.3 is 0 Å². The first-order chi connectivity index (χ1) is 5.38. The fourth-order valence-electron chi connectivity index (χ4n) is 1.36. The van der Waals surface area contributed by atoms with E-state index in [1.807, 2.05) is 0 Å². The molecular formula is C8H12N2O. The van der Waals surface area contributed by atoms with Crippen LogP contribution in [-0.4, -0.2) is 12.8 Å².